The quantitative estimate of drug-likeness (QED) is 0.643. The zero-order valence-electron chi connectivity index (χ0n) is 7.79. The molecule has 0 fully saturated rings. The molecule has 0 aromatic heterocycles. The Balaban J connectivity index is 3.98. The first-order chi connectivity index (χ1) is 5.63. The van der Waals surface area contributed by atoms with Crippen LogP contribution in [-0.2, 0) is 4.79 Å². The molecule has 1 unspecified atom stereocenters. The van der Waals surface area contributed by atoms with Crippen molar-refractivity contribution >= 4 is 5.97 Å². The minimum Gasteiger partial charge on any atom is -0.479 e. The van der Waals surface area contributed by atoms with Gasteiger partial charge in [-0.25, -0.2) is 4.79 Å². The molecule has 1 atom stereocenters. The third kappa shape index (κ3) is 3.72. The molecule has 0 saturated heterocycles. The topological polar surface area (TPSA) is 57.5 Å². The van der Waals surface area contributed by atoms with Gasteiger partial charge in [0, 0.05) is 0 Å². The summed E-state index contributed by atoms with van der Waals surface area (Å²) in [4.78, 5) is 10.4. The van der Waals surface area contributed by atoms with Crippen LogP contribution in [-0.4, -0.2) is 22.3 Å². The number of carboxylic acids is 1. The molecule has 3 nitrogen and oxygen atoms in total. The van der Waals surface area contributed by atoms with Gasteiger partial charge in [0.2, 0.25) is 0 Å². The fourth-order valence-electron chi connectivity index (χ4n) is 1.40. The highest BCUT2D eigenvalue weighted by Gasteiger charge is 2.23. The number of aliphatic hydroxyl groups excluding tert-OH is 1. The Hall–Kier alpha value is -0.570. The van der Waals surface area contributed by atoms with Gasteiger partial charge in [-0.2, -0.15) is 0 Å². The SMILES string of the molecule is CCCC(CCC)C(O)C(=O)O. The van der Waals surface area contributed by atoms with E-state index in [1.54, 1.807) is 0 Å². The van der Waals surface area contributed by atoms with E-state index in [1.807, 2.05) is 13.8 Å². The van der Waals surface area contributed by atoms with E-state index < -0.39 is 12.1 Å². The van der Waals surface area contributed by atoms with Crippen molar-refractivity contribution in [2.24, 2.45) is 5.92 Å². The number of rotatable bonds is 6. The molecule has 0 aliphatic heterocycles. The van der Waals surface area contributed by atoms with Crippen LogP contribution >= 0.6 is 0 Å². The summed E-state index contributed by atoms with van der Waals surface area (Å²) in [7, 11) is 0. The van der Waals surface area contributed by atoms with E-state index in [9.17, 15) is 9.90 Å². The van der Waals surface area contributed by atoms with Crippen LogP contribution in [0.15, 0.2) is 0 Å². The van der Waals surface area contributed by atoms with Crippen LogP contribution in [0.25, 0.3) is 0 Å². The van der Waals surface area contributed by atoms with Crippen molar-refractivity contribution in [1.82, 2.24) is 0 Å². The van der Waals surface area contributed by atoms with E-state index in [1.165, 1.54) is 0 Å². The molecule has 0 spiro atoms. The van der Waals surface area contributed by atoms with Crippen LogP contribution in [0.2, 0.25) is 0 Å². The van der Waals surface area contributed by atoms with Crippen LogP contribution < -0.4 is 0 Å². The van der Waals surface area contributed by atoms with Crippen molar-refractivity contribution in [1.29, 1.82) is 0 Å². The summed E-state index contributed by atoms with van der Waals surface area (Å²) in [5.74, 6) is -1.17. The lowest BCUT2D eigenvalue weighted by atomic mass is 9.92. The van der Waals surface area contributed by atoms with E-state index in [-0.39, 0.29) is 5.92 Å². The molecule has 0 aromatic carbocycles. The number of carboxylic acid groups (broad SMARTS) is 1. The fraction of sp³-hybridized carbons (Fsp3) is 0.889. The summed E-state index contributed by atoms with van der Waals surface area (Å²) in [6.45, 7) is 3.99. The average molecular weight is 174 g/mol. The number of hydrogen-bond acceptors (Lipinski definition) is 2. The summed E-state index contributed by atoms with van der Waals surface area (Å²) in [5.41, 5.74) is 0. The second kappa shape index (κ2) is 6.00. The Kier molecular flexibility index (Phi) is 5.72. The highest BCUT2D eigenvalue weighted by Crippen LogP contribution is 2.17. The minimum absolute atomic E-state index is 0.0718. The van der Waals surface area contributed by atoms with Crippen molar-refractivity contribution in [3.63, 3.8) is 0 Å². The molecule has 0 aliphatic rings. The molecule has 2 N–H and O–H groups in total. The van der Waals surface area contributed by atoms with Crippen molar-refractivity contribution < 1.29 is 15.0 Å². The Bertz CT molecular complexity index is 128. The summed E-state index contributed by atoms with van der Waals surface area (Å²) >= 11 is 0. The minimum atomic E-state index is -1.18. The van der Waals surface area contributed by atoms with Crippen LogP contribution in [0.1, 0.15) is 39.5 Å². The van der Waals surface area contributed by atoms with Crippen LogP contribution in [0, 0.1) is 5.92 Å². The first-order valence-corrected chi connectivity index (χ1v) is 4.54. The molecule has 0 aromatic rings. The summed E-state index contributed by atoms with van der Waals surface area (Å²) in [6.07, 6.45) is 2.26. The first kappa shape index (κ1) is 11.4. The summed E-state index contributed by atoms with van der Waals surface area (Å²) in [5, 5.41) is 17.8. The van der Waals surface area contributed by atoms with Crippen LogP contribution in [0.4, 0.5) is 0 Å². The van der Waals surface area contributed by atoms with Crippen LogP contribution in [0.5, 0.6) is 0 Å². The molecule has 0 heterocycles. The van der Waals surface area contributed by atoms with Gasteiger partial charge in [-0.15, -0.1) is 0 Å². The Morgan fingerprint density at radius 2 is 1.67 bits per heavy atom. The number of aliphatic carboxylic acids is 1. The molecular weight excluding hydrogens is 156 g/mol. The predicted molar refractivity (Wildman–Crippen MR) is 46.9 cm³/mol. The van der Waals surface area contributed by atoms with Gasteiger partial charge in [-0.05, 0) is 18.8 Å². The number of hydrogen-bond donors (Lipinski definition) is 2. The fourth-order valence-corrected chi connectivity index (χ4v) is 1.40. The third-order valence-electron chi connectivity index (χ3n) is 2.02. The lowest BCUT2D eigenvalue weighted by molar-refractivity contribution is -0.150. The van der Waals surface area contributed by atoms with Crippen molar-refractivity contribution in [2.75, 3.05) is 0 Å². The lowest BCUT2D eigenvalue weighted by Crippen LogP contribution is -2.29. The molecule has 0 amide bonds. The maximum Gasteiger partial charge on any atom is 0.332 e. The molecular formula is C9H18O3. The zero-order chi connectivity index (χ0) is 9.56. The van der Waals surface area contributed by atoms with Gasteiger partial charge in [0.05, 0.1) is 0 Å². The molecule has 0 radical (unpaired) electrons. The van der Waals surface area contributed by atoms with Gasteiger partial charge in [0.15, 0.2) is 6.10 Å². The molecule has 0 rings (SSSR count). The number of carbonyl (C=O) groups is 1. The Morgan fingerprint density at radius 3 is 1.92 bits per heavy atom. The molecule has 72 valence electrons. The second-order valence-electron chi connectivity index (χ2n) is 3.12. The van der Waals surface area contributed by atoms with Gasteiger partial charge in [0.1, 0.15) is 0 Å². The standard InChI is InChI=1S/C9H18O3/c1-3-5-7(6-4-2)8(10)9(11)12/h7-8,10H,3-6H2,1-2H3,(H,11,12). The van der Waals surface area contributed by atoms with E-state index in [2.05, 4.69) is 0 Å². The van der Waals surface area contributed by atoms with Gasteiger partial charge >= 0.3 is 5.97 Å². The van der Waals surface area contributed by atoms with E-state index in [0.717, 1.165) is 25.7 Å². The monoisotopic (exact) mass is 174 g/mol. The first-order valence-electron chi connectivity index (χ1n) is 4.54. The van der Waals surface area contributed by atoms with Crippen molar-refractivity contribution in [3.8, 4) is 0 Å². The van der Waals surface area contributed by atoms with Gasteiger partial charge in [0.25, 0.3) is 0 Å². The highest BCUT2D eigenvalue weighted by atomic mass is 16.4. The van der Waals surface area contributed by atoms with Crippen molar-refractivity contribution in [2.45, 2.75) is 45.6 Å². The molecule has 0 bridgehead atoms. The zero-order valence-corrected chi connectivity index (χ0v) is 7.79. The maximum atomic E-state index is 10.4. The van der Waals surface area contributed by atoms with Crippen molar-refractivity contribution in [3.05, 3.63) is 0 Å². The van der Waals surface area contributed by atoms with Gasteiger partial charge in [-0.1, -0.05) is 26.7 Å². The lowest BCUT2D eigenvalue weighted by Gasteiger charge is -2.17. The number of aliphatic hydroxyl groups is 1. The molecule has 3 heteroatoms. The maximum absolute atomic E-state index is 10.4. The van der Waals surface area contributed by atoms with Gasteiger partial charge in [-0.3, -0.25) is 0 Å². The molecule has 0 saturated carbocycles. The summed E-state index contributed by atoms with van der Waals surface area (Å²) in [6, 6.07) is 0. The largest absolute Gasteiger partial charge is 0.479 e. The van der Waals surface area contributed by atoms with Crippen LogP contribution in [0.3, 0.4) is 0 Å². The highest BCUT2D eigenvalue weighted by molar-refractivity contribution is 5.72. The second-order valence-corrected chi connectivity index (χ2v) is 3.12. The molecule has 12 heavy (non-hydrogen) atoms. The smallest absolute Gasteiger partial charge is 0.332 e. The Labute approximate surface area is 73.4 Å². The van der Waals surface area contributed by atoms with Gasteiger partial charge < -0.3 is 10.2 Å². The predicted octanol–water partition coefficient (Wildman–Crippen LogP) is 1.65. The normalized spacial score (nSPS) is 13.3. The Morgan fingerprint density at radius 1 is 1.25 bits per heavy atom. The summed E-state index contributed by atoms with van der Waals surface area (Å²) < 4.78 is 0. The molecule has 0 aliphatic carbocycles. The average Bonchev–Trinajstić information content (AvgIpc) is 2.03. The third-order valence-corrected chi connectivity index (χ3v) is 2.02. The van der Waals surface area contributed by atoms with E-state index in [0.29, 0.717) is 0 Å². The van der Waals surface area contributed by atoms with E-state index in [4.69, 9.17) is 5.11 Å². The van der Waals surface area contributed by atoms with E-state index >= 15 is 0 Å².